The summed E-state index contributed by atoms with van der Waals surface area (Å²) in [6.07, 6.45) is 3.36. The van der Waals surface area contributed by atoms with Gasteiger partial charge in [0.2, 0.25) is 5.95 Å². The fourth-order valence-corrected chi connectivity index (χ4v) is 1.90. The number of imidazole rings is 1. The van der Waals surface area contributed by atoms with Gasteiger partial charge in [0.25, 0.3) is 0 Å². The third kappa shape index (κ3) is 2.97. The van der Waals surface area contributed by atoms with E-state index in [9.17, 15) is 4.39 Å². The summed E-state index contributed by atoms with van der Waals surface area (Å²) in [6, 6.07) is 15.8. The molecule has 21 heavy (non-hydrogen) atoms. The lowest BCUT2D eigenvalue weighted by Crippen LogP contribution is -1.96. The predicted octanol–water partition coefficient (Wildman–Crippen LogP) is 3.15. The average molecular weight is 280 g/mol. The maximum atomic E-state index is 12.8. The molecule has 0 aliphatic heterocycles. The van der Waals surface area contributed by atoms with Crippen molar-refractivity contribution in [2.75, 3.05) is 5.73 Å². The van der Waals surface area contributed by atoms with Gasteiger partial charge in [0.05, 0.1) is 18.1 Å². The Morgan fingerprint density at radius 1 is 1.05 bits per heavy atom. The van der Waals surface area contributed by atoms with Crippen LogP contribution in [0.15, 0.2) is 65.9 Å². The Hall–Kier alpha value is -2.95. The number of nitrogens with zero attached hydrogens (tertiary/aromatic N) is 3. The van der Waals surface area contributed by atoms with Gasteiger partial charge in [-0.05, 0) is 17.7 Å². The molecule has 2 aromatic carbocycles. The van der Waals surface area contributed by atoms with Crippen molar-refractivity contribution in [1.29, 1.82) is 0 Å². The van der Waals surface area contributed by atoms with Crippen LogP contribution in [-0.4, -0.2) is 15.9 Å². The second-order valence-electron chi connectivity index (χ2n) is 4.49. The van der Waals surface area contributed by atoms with E-state index in [2.05, 4.69) is 10.1 Å². The highest BCUT2D eigenvalue weighted by Crippen LogP contribution is 2.19. The molecule has 0 spiro atoms. The Morgan fingerprint density at radius 3 is 2.48 bits per heavy atom. The Bertz CT molecular complexity index is 761. The van der Waals surface area contributed by atoms with Gasteiger partial charge in [0, 0.05) is 5.56 Å². The maximum absolute atomic E-state index is 12.8. The van der Waals surface area contributed by atoms with Crippen LogP contribution in [0.25, 0.3) is 11.3 Å². The summed E-state index contributed by atoms with van der Waals surface area (Å²) in [5.41, 5.74) is 8.35. The van der Waals surface area contributed by atoms with Crippen LogP contribution in [-0.2, 0) is 0 Å². The second-order valence-corrected chi connectivity index (χ2v) is 4.49. The highest BCUT2D eigenvalue weighted by atomic mass is 19.1. The third-order valence-electron chi connectivity index (χ3n) is 2.99. The number of halogens is 1. The lowest BCUT2D eigenvalue weighted by Gasteiger charge is -1.95. The summed E-state index contributed by atoms with van der Waals surface area (Å²) in [5, 5.41) is 4.23. The van der Waals surface area contributed by atoms with Crippen molar-refractivity contribution in [3.05, 3.63) is 72.2 Å². The molecule has 1 heterocycles. The molecule has 0 saturated carbocycles. The van der Waals surface area contributed by atoms with Gasteiger partial charge < -0.3 is 5.73 Å². The summed E-state index contributed by atoms with van der Waals surface area (Å²) in [5.74, 6) is 0.0212. The topological polar surface area (TPSA) is 56.2 Å². The number of nitrogens with two attached hydrogens (primary N) is 1. The molecule has 104 valence electrons. The Labute approximate surface area is 121 Å². The third-order valence-corrected chi connectivity index (χ3v) is 2.99. The summed E-state index contributed by atoms with van der Waals surface area (Å²) < 4.78 is 14.3. The number of hydrogen-bond donors (Lipinski definition) is 1. The molecule has 0 fully saturated rings. The van der Waals surface area contributed by atoms with Crippen molar-refractivity contribution >= 4 is 12.2 Å². The molecule has 0 amide bonds. The SMILES string of the molecule is Nc1nc(-c2ccccc2)cn1/N=C/c1ccc(F)cc1. The van der Waals surface area contributed by atoms with E-state index in [-0.39, 0.29) is 5.82 Å². The van der Waals surface area contributed by atoms with Crippen LogP contribution in [0.3, 0.4) is 0 Å². The van der Waals surface area contributed by atoms with Crippen LogP contribution in [0.2, 0.25) is 0 Å². The number of hydrogen-bond acceptors (Lipinski definition) is 3. The van der Waals surface area contributed by atoms with Crippen molar-refractivity contribution in [2.45, 2.75) is 0 Å². The zero-order valence-corrected chi connectivity index (χ0v) is 11.1. The van der Waals surface area contributed by atoms with E-state index < -0.39 is 0 Å². The molecular formula is C16H13FN4. The van der Waals surface area contributed by atoms with Crippen LogP contribution >= 0.6 is 0 Å². The van der Waals surface area contributed by atoms with Crippen LogP contribution in [0.4, 0.5) is 10.3 Å². The number of benzene rings is 2. The summed E-state index contributed by atoms with van der Waals surface area (Å²) in [6.45, 7) is 0. The van der Waals surface area contributed by atoms with Gasteiger partial charge in [-0.1, -0.05) is 42.5 Å². The summed E-state index contributed by atoms with van der Waals surface area (Å²) >= 11 is 0. The van der Waals surface area contributed by atoms with Gasteiger partial charge in [-0.25, -0.2) is 14.1 Å². The quantitative estimate of drug-likeness (QED) is 0.749. The molecule has 0 aliphatic rings. The van der Waals surface area contributed by atoms with Crippen LogP contribution in [0.5, 0.6) is 0 Å². The minimum Gasteiger partial charge on any atom is -0.368 e. The maximum Gasteiger partial charge on any atom is 0.221 e. The zero-order chi connectivity index (χ0) is 14.7. The zero-order valence-electron chi connectivity index (χ0n) is 11.1. The lowest BCUT2D eigenvalue weighted by atomic mass is 10.2. The van der Waals surface area contributed by atoms with Crippen molar-refractivity contribution < 1.29 is 4.39 Å². The van der Waals surface area contributed by atoms with E-state index in [0.717, 1.165) is 16.8 Å². The molecule has 0 bridgehead atoms. The normalized spacial score (nSPS) is 11.1. The van der Waals surface area contributed by atoms with Gasteiger partial charge in [-0.2, -0.15) is 5.10 Å². The summed E-state index contributed by atoms with van der Waals surface area (Å²) in [4.78, 5) is 4.27. The highest BCUT2D eigenvalue weighted by Gasteiger charge is 2.05. The lowest BCUT2D eigenvalue weighted by molar-refractivity contribution is 0.628. The number of nitrogen functional groups attached to an aromatic ring is 1. The van der Waals surface area contributed by atoms with E-state index in [1.54, 1.807) is 24.5 Å². The largest absolute Gasteiger partial charge is 0.368 e. The monoisotopic (exact) mass is 280 g/mol. The van der Waals surface area contributed by atoms with Crippen molar-refractivity contribution in [1.82, 2.24) is 9.66 Å². The minimum atomic E-state index is -0.277. The van der Waals surface area contributed by atoms with E-state index in [1.165, 1.54) is 16.8 Å². The molecule has 3 rings (SSSR count). The van der Waals surface area contributed by atoms with Crippen LogP contribution in [0.1, 0.15) is 5.56 Å². The fraction of sp³-hybridized carbons (Fsp3) is 0. The molecule has 0 radical (unpaired) electrons. The minimum absolute atomic E-state index is 0.277. The first-order valence-corrected chi connectivity index (χ1v) is 6.42. The fourth-order valence-electron chi connectivity index (χ4n) is 1.90. The molecule has 0 saturated heterocycles. The van der Waals surface area contributed by atoms with Crippen LogP contribution in [0, 0.1) is 5.82 Å². The van der Waals surface area contributed by atoms with Crippen LogP contribution < -0.4 is 5.73 Å². The van der Waals surface area contributed by atoms with Gasteiger partial charge in [-0.3, -0.25) is 0 Å². The first-order valence-electron chi connectivity index (χ1n) is 6.42. The van der Waals surface area contributed by atoms with E-state index in [1.807, 2.05) is 30.3 Å². The van der Waals surface area contributed by atoms with E-state index >= 15 is 0 Å². The Morgan fingerprint density at radius 2 is 1.76 bits per heavy atom. The molecule has 4 nitrogen and oxygen atoms in total. The summed E-state index contributed by atoms with van der Waals surface area (Å²) in [7, 11) is 0. The first kappa shape index (κ1) is 13.1. The number of rotatable bonds is 3. The first-order chi connectivity index (χ1) is 10.2. The molecule has 1 aromatic heterocycles. The average Bonchev–Trinajstić information content (AvgIpc) is 2.89. The molecular weight excluding hydrogens is 267 g/mol. The molecule has 3 aromatic rings. The molecule has 0 atom stereocenters. The molecule has 0 unspecified atom stereocenters. The standard InChI is InChI=1S/C16H13FN4/c17-14-8-6-12(7-9-14)10-19-21-11-15(20-16(21)18)13-4-2-1-3-5-13/h1-11H,(H2,18,20)/b19-10+. The second kappa shape index (κ2) is 5.58. The van der Waals surface area contributed by atoms with E-state index in [4.69, 9.17) is 5.73 Å². The Balaban J connectivity index is 1.86. The molecule has 0 aliphatic carbocycles. The Kier molecular flexibility index (Phi) is 3.47. The van der Waals surface area contributed by atoms with Gasteiger partial charge in [0.15, 0.2) is 0 Å². The van der Waals surface area contributed by atoms with Gasteiger partial charge in [-0.15, -0.1) is 0 Å². The smallest absolute Gasteiger partial charge is 0.221 e. The van der Waals surface area contributed by atoms with Gasteiger partial charge in [0.1, 0.15) is 5.82 Å². The van der Waals surface area contributed by atoms with Crippen molar-refractivity contribution in [2.24, 2.45) is 5.10 Å². The highest BCUT2D eigenvalue weighted by molar-refractivity contribution is 5.79. The molecule has 5 heteroatoms. The predicted molar refractivity (Wildman–Crippen MR) is 81.5 cm³/mol. The number of anilines is 1. The molecule has 2 N–H and O–H groups in total. The number of aromatic nitrogens is 2. The van der Waals surface area contributed by atoms with Crippen molar-refractivity contribution in [3.8, 4) is 11.3 Å². The van der Waals surface area contributed by atoms with E-state index in [0.29, 0.717) is 5.95 Å². The van der Waals surface area contributed by atoms with Gasteiger partial charge >= 0.3 is 0 Å². The van der Waals surface area contributed by atoms with Crippen molar-refractivity contribution in [3.63, 3.8) is 0 Å².